The van der Waals surface area contributed by atoms with Crippen LogP contribution in [0.4, 0.5) is 0 Å². The monoisotopic (exact) mass is 226 g/mol. The average molecular weight is 226 g/mol. The van der Waals surface area contributed by atoms with Crippen molar-refractivity contribution in [2.75, 3.05) is 0 Å². The maximum atomic E-state index is 11.2. The van der Waals surface area contributed by atoms with Crippen molar-refractivity contribution in [3.8, 4) is 0 Å². The number of carbonyl (C=O) groups is 1. The van der Waals surface area contributed by atoms with Crippen LogP contribution in [0, 0.1) is 16.7 Å². The van der Waals surface area contributed by atoms with Gasteiger partial charge < -0.3 is 5.11 Å². The first-order valence-electron chi connectivity index (χ1n) is 6.49. The molecule has 16 heavy (non-hydrogen) atoms. The molecule has 1 saturated carbocycles. The van der Waals surface area contributed by atoms with Crippen molar-refractivity contribution in [1.82, 2.24) is 0 Å². The van der Waals surface area contributed by atoms with Crippen LogP contribution < -0.4 is 0 Å². The Morgan fingerprint density at radius 2 is 1.62 bits per heavy atom. The lowest BCUT2D eigenvalue weighted by Gasteiger charge is -2.40. The van der Waals surface area contributed by atoms with Crippen molar-refractivity contribution >= 4 is 5.97 Å². The normalized spacial score (nSPS) is 19.8. The van der Waals surface area contributed by atoms with Crippen LogP contribution in [-0.4, -0.2) is 11.1 Å². The quantitative estimate of drug-likeness (QED) is 0.783. The lowest BCUT2D eigenvalue weighted by atomic mass is 9.64. The molecule has 1 N–H and O–H groups in total. The first-order chi connectivity index (χ1) is 7.26. The number of carboxylic acid groups (broad SMARTS) is 1. The van der Waals surface area contributed by atoms with Gasteiger partial charge in [-0.05, 0) is 44.4 Å². The lowest BCUT2D eigenvalue weighted by molar-refractivity contribution is -0.149. The fourth-order valence-corrected chi connectivity index (χ4v) is 3.24. The fraction of sp³-hybridized carbons (Fsp3) is 0.929. The van der Waals surface area contributed by atoms with Crippen LogP contribution in [0.5, 0.6) is 0 Å². The molecule has 0 heterocycles. The van der Waals surface area contributed by atoms with Gasteiger partial charge in [0.25, 0.3) is 0 Å². The highest BCUT2D eigenvalue weighted by Gasteiger charge is 2.39. The van der Waals surface area contributed by atoms with E-state index in [4.69, 9.17) is 0 Å². The largest absolute Gasteiger partial charge is 0.481 e. The molecule has 0 amide bonds. The summed E-state index contributed by atoms with van der Waals surface area (Å²) < 4.78 is 0. The fourth-order valence-electron chi connectivity index (χ4n) is 3.24. The van der Waals surface area contributed by atoms with E-state index in [1.807, 2.05) is 13.8 Å². The molecule has 1 fully saturated rings. The van der Waals surface area contributed by atoms with Crippen LogP contribution in [-0.2, 0) is 4.79 Å². The zero-order chi connectivity index (χ0) is 12.4. The molecule has 0 unspecified atom stereocenters. The van der Waals surface area contributed by atoms with Gasteiger partial charge in [0, 0.05) is 0 Å². The third-order valence-corrected chi connectivity index (χ3v) is 4.19. The molecule has 2 heteroatoms. The first kappa shape index (κ1) is 13.5. The van der Waals surface area contributed by atoms with E-state index in [1.54, 1.807) is 0 Å². The van der Waals surface area contributed by atoms with Crippen LogP contribution in [0.15, 0.2) is 0 Å². The third kappa shape index (κ3) is 3.23. The molecule has 0 bridgehead atoms. The van der Waals surface area contributed by atoms with E-state index in [0.29, 0.717) is 5.92 Å². The summed E-state index contributed by atoms with van der Waals surface area (Å²) in [6.45, 7) is 8.18. The number of rotatable bonds is 4. The van der Waals surface area contributed by atoms with Crippen LogP contribution >= 0.6 is 0 Å². The van der Waals surface area contributed by atoms with Gasteiger partial charge in [-0.1, -0.05) is 33.1 Å². The summed E-state index contributed by atoms with van der Waals surface area (Å²) in [5.74, 6) is 0.0382. The van der Waals surface area contributed by atoms with Gasteiger partial charge >= 0.3 is 5.97 Å². The minimum absolute atomic E-state index is 0.155. The third-order valence-electron chi connectivity index (χ3n) is 4.19. The topological polar surface area (TPSA) is 37.3 Å². The number of hydrogen-bond donors (Lipinski definition) is 1. The van der Waals surface area contributed by atoms with Gasteiger partial charge in [0.2, 0.25) is 0 Å². The number of aliphatic carboxylic acids is 1. The molecular weight excluding hydrogens is 200 g/mol. The summed E-state index contributed by atoms with van der Waals surface area (Å²) in [5, 5.41) is 9.20. The van der Waals surface area contributed by atoms with E-state index >= 15 is 0 Å². The second-order valence-electron chi connectivity index (χ2n) is 6.69. The van der Waals surface area contributed by atoms with Crippen LogP contribution in [0.1, 0.15) is 66.2 Å². The van der Waals surface area contributed by atoms with Crippen molar-refractivity contribution in [3.05, 3.63) is 0 Å². The van der Waals surface area contributed by atoms with E-state index in [9.17, 15) is 9.90 Å². The van der Waals surface area contributed by atoms with E-state index in [0.717, 1.165) is 6.42 Å². The van der Waals surface area contributed by atoms with Gasteiger partial charge in [-0.15, -0.1) is 0 Å². The van der Waals surface area contributed by atoms with Crippen molar-refractivity contribution in [2.45, 2.75) is 66.2 Å². The van der Waals surface area contributed by atoms with E-state index < -0.39 is 11.4 Å². The molecule has 1 aliphatic rings. The maximum Gasteiger partial charge on any atom is 0.309 e. The smallest absolute Gasteiger partial charge is 0.309 e. The Labute approximate surface area is 99.4 Å². The molecule has 0 aromatic carbocycles. The summed E-state index contributed by atoms with van der Waals surface area (Å²) in [5.41, 5.74) is -0.441. The van der Waals surface area contributed by atoms with Gasteiger partial charge in [-0.3, -0.25) is 4.79 Å². The molecule has 0 saturated heterocycles. The van der Waals surface area contributed by atoms with Crippen molar-refractivity contribution in [2.24, 2.45) is 16.7 Å². The van der Waals surface area contributed by atoms with Crippen molar-refractivity contribution in [1.29, 1.82) is 0 Å². The van der Waals surface area contributed by atoms with E-state index in [2.05, 4.69) is 13.8 Å². The predicted molar refractivity (Wildman–Crippen MR) is 66.4 cm³/mol. The Hall–Kier alpha value is -0.530. The molecular formula is C14H26O2. The Morgan fingerprint density at radius 1 is 1.12 bits per heavy atom. The average Bonchev–Trinajstić information content (AvgIpc) is 2.17. The molecule has 0 radical (unpaired) electrons. The van der Waals surface area contributed by atoms with Gasteiger partial charge in [0.15, 0.2) is 0 Å². The molecule has 0 spiro atoms. The zero-order valence-electron chi connectivity index (χ0n) is 11.2. The van der Waals surface area contributed by atoms with Crippen molar-refractivity contribution < 1.29 is 9.90 Å². The highest BCUT2D eigenvalue weighted by Crippen LogP contribution is 2.45. The summed E-state index contributed by atoms with van der Waals surface area (Å²) in [7, 11) is 0. The second kappa shape index (κ2) is 4.77. The van der Waals surface area contributed by atoms with Crippen LogP contribution in [0.25, 0.3) is 0 Å². The summed E-state index contributed by atoms with van der Waals surface area (Å²) >= 11 is 0. The Bertz CT molecular complexity index is 247. The second-order valence-corrected chi connectivity index (χ2v) is 6.69. The highest BCUT2D eigenvalue weighted by molar-refractivity contribution is 5.73. The zero-order valence-corrected chi connectivity index (χ0v) is 11.2. The first-order valence-corrected chi connectivity index (χ1v) is 6.49. The van der Waals surface area contributed by atoms with Gasteiger partial charge in [-0.25, -0.2) is 0 Å². The molecule has 1 rings (SSSR count). The Balaban J connectivity index is 2.65. The summed E-state index contributed by atoms with van der Waals surface area (Å²) in [6.07, 6.45) is 7.34. The van der Waals surface area contributed by atoms with Crippen LogP contribution in [0.3, 0.4) is 0 Å². The molecule has 0 aromatic heterocycles. The van der Waals surface area contributed by atoms with E-state index in [1.165, 1.54) is 32.1 Å². The summed E-state index contributed by atoms with van der Waals surface area (Å²) in [6, 6.07) is 0. The van der Waals surface area contributed by atoms with E-state index in [-0.39, 0.29) is 5.41 Å². The van der Waals surface area contributed by atoms with Crippen molar-refractivity contribution in [3.63, 3.8) is 0 Å². The number of hydrogen-bond acceptors (Lipinski definition) is 1. The Morgan fingerprint density at radius 3 is 2.06 bits per heavy atom. The molecule has 0 aliphatic heterocycles. The van der Waals surface area contributed by atoms with Gasteiger partial charge in [-0.2, -0.15) is 0 Å². The Kier molecular flexibility index (Phi) is 4.03. The highest BCUT2D eigenvalue weighted by atomic mass is 16.4. The number of carboxylic acids is 1. The predicted octanol–water partition coefficient (Wildman–Crippen LogP) is 4.09. The lowest BCUT2D eigenvalue weighted by Crippen LogP contribution is -2.35. The standard InChI is InChI=1S/C14H26O2/c1-13(2,10-14(3,4)12(15)16)11-8-6-5-7-9-11/h11H,5-10H2,1-4H3,(H,15,16). The van der Waals surface area contributed by atoms with Gasteiger partial charge in [0.1, 0.15) is 0 Å². The minimum Gasteiger partial charge on any atom is -0.481 e. The molecule has 0 aromatic rings. The van der Waals surface area contributed by atoms with Gasteiger partial charge in [0.05, 0.1) is 5.41 Å². The summed E-state index contributed by atoms with van der Waals surface area (Å²) in [4.78, 5) is 11.2. The SMILES string of the molecule is CC(C)(CC(C)(C)C1CCCCC1)C(=O)O. The molecule has 1 aliphatic carbocycles. The minimum atomic E-state index is -0.670. The molecule has 94 valence electrons. The van der Waals surface area contributed by atoms with Crippen LogP contribution in [0.2, 0.25) is 0 Å². The maximum absolute atomic E-state index is 11.2. The molecule has 0 atom stereocenters. The molecule has 2 nitrogen and oxygen atoms in total.